The maximum atomic E-state index is 11.8. The van der Waals surface area contributed by atoms with E-state index in [1.165, 1.54) is 17.4 Å². The fraction of sp³-hybridized carbons (Fsp3) is 0.579. The fourth-order valence-electron chi connectivity index (χ4n) is 2.38. The first-order valence-electron chi connectivity index (χ1n) is 8.96. The van der Waals surface area contributed by atoms with Crippen LogP contribution in [0.15, 0.2) is 30.3 Å². The number of para-hydroxylation sites is 1. The zero-order valence-corrected chi connectivity index (χ0v) is 16.4. The Morgan fingerprint density at radius 1 is 1.16 bits per heavy atom. The van der Waals surface area contributed by atoms with Crippen molar-refractivity contribution in [2.75, 3.05) is 36.0 Å². The molecule has 0 radical (unpaired) electrons. The molecule has 2 amide bonds. The van der Waals surface area contributed by atoms with E-state index in [1.807, 2.05) is 32.0 Å². The summed E-state index contributed by atoms with van der Waals surface area (Å²) in [6.07, 6.45) is 1.37. The van der Waals surface area contributed by atoms with E-state index >= 15 is 0 Å². The van der Waals surface area contributed by atoms with Crippen molar-refractivity contribution in [2.24, 2.45) is 0 Å². The second kappa shape index (κ2) is 12.6. The average Bonchev–Trinajstić information content (AvgIpc) is 2.59. The minimum atomic E-state index is 0.0389. The van der Waals surface area contributed by atoms with Crippen LogP contribution in [0.2, 0.25) is 0 Å². The predicted octanol–water partition coefficient (Wildman–Crippen LogP) is 2.67. The summed E-state index contributed by atoms with van der Waals surface area (Å²) in [5.41, 5.74) is 1.21. The standard InChI is InChI=1S/C19H31N3O2S/c1-4-22(17-9-6-5-7-10-17)13-8-12-20-19(24)15-25-14-11-18(23)21-16(2)3/h5-7,9-10,16H,4,8,11-15H2,1-3H3,(H,20,24)(H,21,23). The Hall–Kier alpha value is -1.69. The summed E-state index contributed by atoms with van der Waals surface area (Å²) in [7, 11) is 0. The third-order valence-corrected chi connectivity index (χ3v) is 4.55. The lowest BCUT2D eigenvalue weighted by Gasteiger charge is -2.23. The van der Waals surface area contributed by atoms with Gasteiger partial charge in [0, 0.05) is 43.5 Å². The second-order valence-electron chi connectivity index (χ2n) is 6.14. The summed E-state index contributed by atoms with van der Waals surface area (Å²) in [6.45, 7) is 8.57. The molecule has 0 heterocycles. The van der Waals surface area contributed by atoms with Gasteiger partial charge in [-0.15, -0.1) is 0 Å². The molecule has 6 heteroatoms. The molecule has 0 aliphatic heterocycles. The molecule has 1 rings (SSSR count). The first kappa shape index (κ1) is 21.4. The Morgan fingerprint density at radius 2 is 1.88 bits per heavy atom. The van der Waals surface area contributed by atoms with Crippen molar-refractivity contribution in [1.29, 1.82) is 0 Å². The highest BCUT2D eigenvalue weighted by atomic mass is 32.2. The van der Waals surface area contributed by atoms with Crippen LogP contribution in [-0.4, -0.2) is 49.0 Å². The number of benzene rings is 1. The zero-order chi connectivity index (χ0) is 18.5. The quantitative estimate of drug-likeness (QED) is 0.559. The normalized spacial score (nSPS) is 10.6. The highest BCUT2D eigenvalue weighted by molar-refractivity contribution is 7.99. The van der Waals surface area contributed by atoms with Crippen LogP contribution in [0.25, 0.3) is 0 Å². The van der Waals surface area contributed by atoms with Gasteiger partial charge in [-0.25, -0.2) is 0 Å². The van der Waals surface area contributed by atoms with Crippen LogP contribution >= 0.6 is 11.8 Å². The van der Waals surface area contributed by atoms with Crippen molar-refractivity contribution in [3.8, 4) is 0 Å². The van der Waals surface area contributed by atoms with Gasteiger partial charge >= 0.3 is 0 Å². The molecule has 0 atom stereocenters. The van der Waals surface area contributed by atoms with Crippen molar-refractivity contribution in [1.82, 2.24) is 10.6 Å². The Bertz CT molecular complexity index is 509. The number of thioether (sulfide) groups is 1. The monoisotopic (exact) mass is 365 g/mol. The molecule has 1 aromatic rings. The van der Waals surface area contributed by atoms with E-state index in [2.05, 4.69) is 34.6 Å². The second-order valence-corrected chi connectivity index (χ2v) is 7.25. The van der Waals surface area contributed by atoms with E-state index in [-0.39, 0.29) is 17.9 Å². The van der Waals surface area contributed by atoms with Crippen LogP contribution < -0.4 is 15.5 Å². The molecule has 0 aliphatic carbocycles. The molecule has 140 valence electrons. The van der Waals surface area contributed by atoms with Gasteiger partial charge in [0.05, 0.1) is 5.75 Å². The van der Waals surface area contributed by atoms with Gasteiger partial charge in [0.1, 0.15) is 0 Å². The van der Waals surface area contributed by atoms with Crippen molar-refractivity contribution in [3.63, 3.8) is 0 Å². The van der Waals surface area contributed by atoms with E-state index < -0.39 is 0 Å². The molecule has 0 saturated heterocycles. The molecule has 2 N–H and O–H groups in total. The van der Waals surface area contributed by atoms with Crippen LogP contribution in [0, 0.1) is 0 Å². The molecular weight excluding hydrogens is 334 g/mol. The lowest BCUT2D eigenvalue weighted by atomic mass is 10.2. The Kier molecular flexibility index (Phi) is 10.8. The minimum absolute atomic E-state index is 0.0389. The molecule has 0 aromatic heterocycles. The average molecular weight is 366 g/mol. The van der Waals surface area contributed by atoms with Crippen LogP contribution in [0.1, 0.15) is 33.6 Å². The molecule has 1 aromatic carbocycles. The number of hydrogen-bond acceptors (Lipinski definition) is 4. The van der Waals surface area contributed by atoms with Crippen molar-refractivity contribution in [2.45, 2.75) is 39.7 Å². The smallest absolute Gasteiger partial charge is 0.229 e. The number of rotatable bonds is 12. The summed E-state index contributed by atoms with van der Waals surface area (Å²) in [5, 5.41) is 5.79. The van der Waals surface area contributed by atoms with Gasteiger partial charge in [0.2, 0.25) is 11.8 Å². The van der Waals surface area contributed by atoms with Gasteiger partial charge in [-0.1, -0.05) is 18.2 Å². The first-order chi connectivity index (χ1) is 12.0. The van der Waals surface area contributed by atoms with Gasteiger partial charge in [0.25, 0.3) is 0 Å². The largest absolute Gasteiger partial charge is 0.372 e. The maximum Gasteiger partial charge on any atom is 0.229 e. The highest BCUT2D eigenvalue weighted by Gasteiger charge is 2.06. The predicted molar refractivity (Wildman–Crippen MR) is 107 cm³/mol. The first-order valence-corrected chi connectivity index (χ1v) is 10.1. The van der Waals surface area contributed by atoms with Gasteiger partial charge in [-0.05, 0) is 39.3 Å². The number of nitrogens with zero attached hydrogens (tertiary/aromatic N) is 1. The van der Waals surface area contributed by atoms with Crippen molar-refractivity contribution in [3.05, 3.63) is 30.3 Å². The Labute approximate surface area is 155 Å². The van der Waals surface area contributed by atoms with Crippen molar-refractivity contribution >= 4 is 29.3 Å². The fourth-order valence-corrected chi connectivity index (χ4v) is 3.14. The summed E-state index contributed by atoms with van der Waals surface area (Å²) in [6, 6.07) is 10.5. The van der Waals surface area contributed by atoms with Gasteiger partial charge in [-0.3, -0.25) is 9.59 Å². The number of anilines is 1. The van der Waals surface area contributed by atoms with E-state index in [0.29, 0.717) is 24.5 Å². The number of hydrogen-bond donors (Lipinski definition) is 2. The topological polar surface area (TPSA) is 61.4 Å². The number of nitrogens with one attached hydrogen (secondary N) is 2. The van der Waals surface area contributed by atoms with Gasteiger partial charge < -0.3 is 15.5 Å². The van der Waals surface area contributed by atoms with Crippen molar-refractivity contribution < 1.29 is 9.59 Å². The summed E-state index contributed by atoms with van der Waals surface area (Å²) in [4.78, 5) is 25.6. The molecule has 0 unspecified atom stereocenters. The molecule has 25 heavy (non-hydrogen) atoms. The van der Waals surface area contributed by atoms with E-state index in [9.17, 15) is 9.59 Å². The molecule has 5 nitrogen and oxygen atoms in total. The van der Waals surface area contributed by atoms with E-state index in [0.717, 1.165) is 19.5 Å². The third-order valence-electron chi connectivity index (χ3n) is 3.59. The molecule has 0 saturated carbocycles. The van der Waals surface area contributed by atoms with Crippen LogP contribution in [-0.2, 0) is 9.59 Å². The maximum absolute atomic E-state index is 11.8. The summed E-state index contributed by atoms with van der Waals surface area (Å²) in [5.74, 6) is 1.16. The Balaban J connectivity index is 2.09. The summed E-state index contributed by atoms with van der Waals surface area (Å²) < 4.78 is 0. The lowest BCUT2D eigenvalue weighted by Crippen LogP contribution is -2.31. The van der Waals surface area contributed by atoms with Gasteiger partial charge in [-0.2, -0.15) is 11.8 Å². The molecule has 0 spiro atoms. The SMILES string of the molecule is CCN(CCCNC(=O)CSCCC(=O)NC(C)C)c1ccccc1. The number of amides is 2. The van der Waals surface area contributed by atoms with Crippen LogP contribution in [0.5, 0.6) is 0 Å². The van der Waals surface area contributed by atoms with Gasteiger partial charge in [0.15, 0.2) is 0 Å². The van der Waals surface area contributed by atoms with E-state index in [1.54, 1.807) is 0 Å². The minimum Gasteiger partial charge on any atom is -0.372 e. The van der Waals surface area contributed by atoms with Crippen LogP contribution in [0.3, 0.4) is 0 Å². The molecule has 0 aliphatic rings. The Morgan fingerprint density at radius 3 is 2.52 bits per heavy atom. The molecule has 0 fully saturated rings. The van der Waals surface area contributed by atoms with E-state index in [4.69, 9.17) is 0 Å². The third kappa shape index (κ3) is 10.0. The summed E-state index contributed by atoms with van der Waals surface area (Å²) >= 11 is 1.50. The highest BCUT2D eigenvalue weighted by Crippen LogP contribution is 2.12. The number of carbonyl (C=O) groups is 2. The molecule has 0 bridgehead atoms. The molecular formula is C19H31N3O2S. The lowest BCUT2D eigenvalue weighted by molar-refractivity contribution is -0.121. The zero-order valence-electron chi connectivity index (χ0n) is 15.6. The number of carbonyl (C=O) groups excluding carboxylic acids is 2. The van der Waals surface area contributed by atoms with Crippen LogP contribution in [0.4, 0.5) is 5.69 Å².